The van der Waals surface area contributed by atoms with E-state index in [1.807, 2.05) is 32.0 Å². The van der Waals surface area contributed by atoms with Crippen LogP contribution in [0.15, 0.2) is 18.2 Å². The van der Waals surface area contributed by atoms with Gasteiger partial charge in [-0.1, -0.05) is 6.07 Å². The van der Waals surface area contributed by atoms with E-state index in [9.17, 15) is 5.11 Å². The van der Waals surface area contributed by atoms with Gasteiger partial charge in [0, 0.05) is 7.11 Å². The topological polar surface area (TPSA) is 64.7 Å². The second-order valence-electron chi connectivity index (χ2n) is 4.20. The van der Waals surface area contributed by atoms with Crippen molar-refractivity contribution in [3.05, 3.63) is 29.3 Å². The first-order chi connectivity index (χ1) is 8.08. The maximum absolute atomic E-state index is 9.25. The highest BCUT2D eigenvalue weighted by atomic mass is 16.5. The number of aryl methyl sites for hydroxylation is 2. The molecule has 0 aromatic heterocycles. The smallest absolute Gasteiger partial charge is 0.139 e. The molecule has 0 radical (unpaired) electrons. The minimum atomic E-state index is -0.447. The van der Waals surface area contributed by atoms with Gasteiger partial charge in [0.15, 0.2) is 0 Å². The van der Waals surface area contributed by atoms with Crippen LogP contribution >= 0.6 is 0 Å². The molecule has 2 unspecified atom stereocenters. The highest BCUT2D eigenvalue weighted by Gasteiger charge is 2.18. The van der Waals surface area contributed by atoms with Gasteiger partial charge in [0.25, 0.3) is 0 Å². The first kappa shape index (κ1) is 14.0. The molecule has 1 aromatic carbocycles. The van der Waals surface area contributed by atoms with Crippen LogP contribution in [-0.4, -0.2) is 37.6 Å². The van der Waals surface area contributed by atoms with Crippen LogP contribution in [0.25, 0.3) is 0 Å². The molecule has 0 amide bonds. The van der Waals surface area contributed by atoms with Crippen LogP contribution in [0.1, 0.15) is 11.1 Å². The summed E-state index contributed by atoms with van der Waals surface area (Å²) in [5.74, 6) is 0.721. The van der Waals surface area contributed by atoms with E-state index in [-0.39, 0.29) is 12.6 Å². The minimum Gasteiger partial charge on any atom is -0.486 e. The fraction of sp³-hybridized carbons (Fsp3) is 0.538. The van der Waals surface area contributed by atoms with Crippen molar-refractivity contribution in [3.63, 3.8) is 0 Å². The van der Waals surface area contributed by atoms with Gasteiger partial charge in [0.05, 0.1) is 19.3 Å². The van der Waals surface area contributed by atoms with Crippen molar-refractivity contribution in [1.82, 2.24) is 0 Å². The summed E-state index contributed by atoms with van der Waals surface area (Å²) < 4.78 is 10.6. The van der Waals surface area contributed by atoms with E-state index in [4.69, 9.17) is 15.2 Å². The standard InChI is InChI=1S/C13H21NO3/c1-9-4-5-11(6-10(9)2)17-13(7-15)12(14)8-16-3/h4-6,12-13,15H,7-8,14H2,1-3H3. The number of aliphatic hydroxyl groups excluding tert-OH is 1. The molecule has 17 heavy (non-hydrogen) atoms. The molecular weight excluding hydrogens is 218 g/mol. The Morgan fingerprint density at radius 3 is 2.53 bits per heavy atom. The number of benzene rings is 1. The monoisotopic (exact) mass is 239 g/mol. The SMILES string of the molecule is COCC(N)C(CO)Oc1ccc(C)c(C)c1. The Bertz CT molecular complexity index is 355. The minimum absolute atomic E-state index is 0.128. The molecule has 0 aliphatic carbocycles. The lowest BCUT2D eigenvalue weighted by Gasteiger charge is -2.23. The number of aliphatic hydroxyl groups is 1. The van der Waals surface area contributed by atoms with Gasteiger partial charge in [0.2, 0.25) is 0 Å². The Labute approximate surface area is 102 Å². The van der Waals surface area contributed by atoms with E-state index in [1.165, 1.54) is 5.56 Å². The van der Waals surface area contributed by atoms with Crippen molar-refractivity contribution < 1.29 is 14.6 Å². The number of rotatable bonds is 6. The Balaban J connectivity index is 2.70. The van der Waals surface area contributed by atoms with Crippen LogP contribution in [-0.2, 0) is 4.74 Å². The summed E-state index contributed by atoms with van der Waals surface area (Å²) in [6.07, 6.45) is -0.447. The molecule has 0 saturated carbocycles. The molecule has 0 heterocycles. The molecule has 0 aliphatic heterocycles. The largest absolute Gasteiger partial charge is 0.486 e. The van der Waals surface area contributed by atoms with E-state index in [2.05, 4.69) is 0 Å². The lowest BCUT2D eigenvalue weighted by atomic mass is 10.1. The van der Waals surface area contributed by atoms with Gasteiger partial charge in [-0.2, -0.15) is 0 Å². The van der Waals surface area contributed by atoms with E-state index in [0.717, 1.165) is 11.3 Å². The van der Waals surface area contributed by atoms with Crippen molar-refractivity contribution in [3.8, 4) is 5.75 Å². The molecule has 1 rings (SSSR count). The quantitative estimate of drug-likeness (QED) is 0.778. The Morgan fingerprint density at radius 2 is 2.00 bits per heavy atom. The number of nitrogens with two attached hydrogens (primary N) is 1. The highest BCUT2D eigenvalue weighted by Crippen LogP contribution is 2.18. The van der Waals surface area contributed by atoms with Crippen molar-refractivity contribution >= 4 is 0 Å². The fourth-order valence-electron chi connectivity index (χ4n) is 1.52. The van der Waals surface area contributed by atoms with Crippen LogP contribution in [0.2, 0.25) is 0 Å². The van der Waals surface area contributed by atoms with Gasteiger partial charge in [0.1, 0.15) is 11.9 Å². The van der Waals surface area contributed by atoms with Crippen LogP contribution in [0.5, 0.6) is 5.75 Å². The predicted octanol–water partition coefficient (Wildman–Crippen LogP) is 1.02. The number of hydrogen-bond donors (Lipinski definition) is 2. The third-order valence-electron chi connectivity index (χ3n) is 2.78. The molecule has 0 aliphatic rings. The lowest BCUT2D eigenvalue weighted by molar-refractivity contribution is 0.0604. The zero-order chi connectivity index (χ0) is 12.8. The number of hydrogen-bond acceptors (Lipinski definition) is 4. The van der Waals surface area contributed by atoms with Gasteiger partial charge in [-0.05, 0) is 37.1 Å². The molecule has 4 nitrogen and oxygen atoms in total. The van der Waals surface area contributed by atoms with Gasteiger partial charge in [-0.3, -0.25) is 0 Å². The van der Waals surface area contributed by atoms with Crippen molar-refractivity contribution in [2.24, 2.45) is 5.73 Å². The van der Waals surface area contributed by atoms with E-state index in [1.54, 1.807) is 7.11 Å². The summed E-state index contributed by atoms with van der Waals surface area (Å²) in [6, 6.07) is 5.47. The molecule has 96 valence electrons. The maximum Gasteiger partial charge on any atom is 0.139 e. The lowest BCUT2D eigenvalue weighted by Crippen LogP contribution is -2.44. The van der Waals surface area contributed by atoms with Crippen molar-refractivity contribution in [1.29, 1.82) is 0 Å². The van der Waals surface area contributed by atoms with Crippen LogP contribution < -0.4 is 10.5 Å². The zero-order valence-corrected chi connectivity index (χ0v) is 10.6. The first-order valence-electron chi connectivity index (χ1n) is 5.67. The van der Waals surface area contributed by atoms with Gasteiger partial charge in [-0.25, -0.2) is 0 Å². The molecule has 0 saturated heterocycles. The van der Waals surface area contributed by atoms with Gasteiger partial charge >= 0.3 is 0 Å². The summed E-state index contributed by atoms with van der Waals surface area (Å²) in [4.78, 5) is 0. The molecule has 4 heteroatoms. The Morgan fingerprint density at radius 1 is 1.29 bits per heavy atom. The maximum atomic E-state index is 9.25. The van der Waals surface area contributed by atoms with Crippen molar-refractivity contribution in [2.45, 2.75) is 26.0 Å². The third-order valence-corrected chi connectivity index (χ3v) is 2.78. The highest BCUT2D eigenvalue weighted by molar-refractivity contribution is 5.34. The normalized spacial score (nSPS) is 14.4. The number of methoxy groups -OCH3 is 1. The van der Waals surface area contributed by atoms with Crippen molar-refractivity contribution in [2.75, 3.05) is 20.3 Å². The van der Waals surface area contributed by atoms with E-state index < -0.39 is 6.10 Å². The third kappa shape index (κ3) is 4.00. The van der Waals surface area contributed by atoms with E-state index >= 15 is 0 Å². The first-order valence-corrected chi connectivity index (χ1v) is 5.67. The van der Waals surface area contributed by atoms with Gasteiger partial charge in [-0.15, -0.1) is 0 Å². The summed E-state index contributed by atoms with van der Waals surface area (Å²) in [6.45, 7) is 4.29. The number of ether oxygens (including phenoxy) is 2. The Kier molecular flexibility index (Phi) is 5.41. The van der Waals surface area contributed by atoms with E-state index in [0.29, 0.717) is 6.61 Å². The average Bonchev–Trinajstić information content (AvgIpc) is 2.30. The summed E-state index contributed by atoms with van der Waals surface area (Å²) >= 11 is 0. The molecule has 1 aromatic rings. The van der Waals surface area contributed by atoms with Crippen LogP contribution in [0, 0.1) is 13.8 Å². The second-order valence-corrected chi connectivity index (χ2v) is 4.20. The fourth-order valence-corrected chi connectivity index (χ4v) is 1.52. The molecule has 3 N–H and O–H groups in total. The van der Waals surface area contributed by atoms with Crippen LogP contribution in [0.3, 0.4) is 0 Å². The molecule has 0 fully saturated rings. The Hall–Kier alpha value is -1.10. The van der Waals surface area contributed by atoms with Gasteiger partial charge < -0.3 is 20.3 Å². The molecular formula is C13H21NO3. The molecule has 0 spiro atoms. The summed E-state index contributed by atoms with van der Waals surface area (Å²) in [7, 11) is 1.57. The molecule has 0 bridgehead atoms. The van der Waals surface area contributed by atoms with Crippen LogP contribution in [0.4, 0.5) is 0 Å². The molecule has 2 atom stereocenters. The predicted molar refractivity (Wildman–Crippen MR) is 67.3 cm³/mol. The summed E-state index contributed by atoms with van der Waals surface area (Å²) in [5.41, 5.74) is 8.20. The average molecular weight is 239 g/mol. The zero-order valence-electron chi connectivity index (χ0n) is 10.6. The summed E-state index contributed by atoms with van der Waals surface area (Å²) in [5, 5.41) is 9.25. The second kappa shape index (κ2) is 6.59.